The Hall–Kier alpha value is -2.60. The first-order valence-corrected chi connectivity index (χ1v) is 10.1. The summed E-state index contributed by atoms with van der Waals surface area (Å²) in [6.45, 7) is 0.252. The van der Waals surface area contributed by atoms with Crippen molar-refractivity contribution < 1.29 is 17.9 Å². The van der Waals surface area contributed by atoms with Crippen LogP contribution in [0.25, 0.3) is 0 Å². The van der Waals surface area contributed by atoms with Crippen molar-refractivity contribution in [1.29, 1.82) is 5.26 Å². The number of likely N-dealkylation sites (N-methyl/N-ethyl adjacent to an activating group) is 2. The molecule has 0 heterocycles. The average Bonchev–Trinajstić information content (AvgIpc) is 2.69. The summed E-state index contributed by atoms with van der Waals surface area (Å²) in [5, 5.41) is 9.40. The molecule has 0 aromatic heterocycles. The van der Waals surface area contributed by atoms with Crippen LogP contribution in [0.1, 0.15) is 5.56 Å². The maximum atomic E-state index is 12.6. The molecule has 0 aliphatic heterocycles. The van der Waals surface area contributed by atoms with Gasteiger partial charge in [-0.3, -0.25) is 4.79 Å². The zero-order valence-electron chi connectivity index (χ0n) is 15.5. The monoisotopic (exact) mass is 421 g/mol. The number of sulfonamides is 1. The first kappa shape index (κ1) is 21.7. The summed E-state index contributed by atoms with van der Waals surface area (Å²) in [6.07, 6.45) is 0. The Bertz CT molecular complexity index is 954. The molecule has 9 heteroatoms. The van der Waals surface area contributed by atoms with Crippen molar-refractivity contribution >= 4 is 27.5 Å². The molecule has 0 spiro atoms. The fourth-order valence-electron chi connectivity index (χ4n) is 2.23. The predicted octanol–water partition coefficient (Wildman–Crippen LogP) is 2.37. The van der Waals surface area contributed by atoms with Gasteiger partial charge in [0.2, 0.25) is 15.9 Å². The van der Waals surface area contributed by atoms with E-state index in [0.717, 1.165) is 4.31 Å². The van der Waals surface area contributed by atoms with Gasteiger partial charge in [-0.2, -0.15) is 9.57 Å². The number of benzene rings is 2. The Kier molecular flexibility index (Phi) is 7.40. The molecular weight excluding hydrogens is 402 g/mol. The van der Waals surface area contributed by atoms with E-state index in [-0.39, 0.29) is 24.0 Å². The minimum Gasteiger partial charge on any atom is -0.492 e. The van der Waals surface area contributed by atoms with Crippen molar-refractivity contribution in [3.63, 3.8) is 0 Å². The second-order valence-corrected chi connectivity index (χ2v) is 8.50. The molecule has 0 atom stereocenters. The molecule has 0 unspecified atom stereocenters. The minimum atomic E-state index is -3.83. The predicted molar refractivity (Wildman–Crippen MR) is 106 cm³/mol. The van der Waals surface area contributed by atoms with Gasteiger partial charge < -0.3 is 9.64 Å². The summed E-state index contributed by atoms with van der Waals surface area (Å²) < 4.78 is 31.6. The van der Waals surface area contributed by atoms with Crippen LogP contribution >= 0.6 is 11.6 Å². The maximum Gasteiger partial charge on any atom is 0.243 e. The van der Waals surface area contributed by atoms with Crippen LogP contribution in [0.4, 0.5) is 0 Å². The lowest BCUT2D eigenvalue weighted by Gasteiger charge is -2.22. The van der Waals surface area contributed by atoms with Crippen molar-refractivity contribution in [2.75, 3.05) is 33.8 Å². The van der Waals surface area contributed by atoms with Crippen LogP contribution in [0.2, 0.25) is 5.02 Å². The summed E-state index contributed by atoms with van der Waals surface area (Å²) >= 11 is 5.81. The summed E-state index contributed by atoms with van der Waals surface area (Å²) in [5.41, 5.74) is 0.359. The quantitative estimate of drug-likeness (QED) is 0.652. The molecule has 2 rings (SSSR count). The molecule has 148 valence electrons. The Morgan fingerprint density at radius 1 is 1.11 bits per heavy atom. The third-order valence-corrected chi connectivity index (χ3v) is 6.05. The normalized spacial score (nSPS) is 11.1. The summed E-state index contributed by atoms with van der Waals surface area (Å²) in [5.74, 6) is 0.269. The largest absolute Gasteiger partial charge is 0.492 e. The first-order chi connectivity index (χ1) is 13.2. The molecule has 0 saturated heterocycles. The second kappa shape index (κ2) is 9.55. The molecule has 0 fully saturated rings. The van der Waals surface area contributed by atoms with E-state index in [1.54, 1.807) is 31.3 Å². The van der Waals surface area contributed by atoms with E-state index in [1.165, 1.54) is 36.2 Å². The number of amides is 1. The molecule has 2 aromatic rings. The van der Waals surface area contributed by atoms with Gasteiger partial charge in [0.05, 0.1) is 29.6 Å². The van der Waals surface area contributed by atoms with Crippen molar-refractivity contribution in [3.8, 4) is 11.8 Å². The highest BCUT2D eigenvalue weighted by molar-refractivity contribution is 7.89. The second-order valence-electron chi connectivity index (χ2n) is 6.01. The topological polar surface area (TPSA) is 90.7 Å². The number of nitrogens with zero attached hydrogens (tertiary/aromatic N) is 3. The van der Waals surface area contributed by atoms with E-state index in [2.05, 4.69) is 0 Å². The highest BCUT2D eigenvalue weighted by Gasteiger charge is 2.24. The van der Waals surface area contributed by atoms with E-state index in [9.17, 15) is 13.2 Å². The van der Waals surface area contributed by atoms with Crippen LogP contribution in [0.5, 0.6) is 5.75 Å². The van der Waals surface area contributed by atoms with Crippen molar-refractivity contribution in [2.45, 2.75) is 4.90 Å². The fourth-order valence-corrected chi connectivity index (χ4v) is 3.48. The average molecular weight is 422 g/mol. The third-order valence-electron chi connectivity index (χ3n) is 3.98. The van der Waals surface area contributed by atoms with Crippen molar-refractivity contribution in [2.24, 2.45) is 0 Å². The molecule has 0 saturated carbocycles. The van der Waals surface area contributed by atoms with Crippen molar-refractivity contribution in [3.05, 3.63) is 59.1 Å². The summed E-state index contributed by atoms with van der Waals surface area (Å²) in [4.78, 5) is 13.7. The van der Waals surface area contributed by atoms with Gasteiger partial charge in [0, 0.05) is 19.1 Å². The molecule has 0 aliphatic carbocycles. The van der Waals surface area contributed by atoms with Crippen LogP contribution < -0.4 is 4.74 Å². The maximum absolute atomic E-state index is 12.6. The van der Waals surface area contributed by atoms with Crippen LogP contribution in [0, 0.1) is 11.3 Å². The summed E-state index contributed by atoms with van der Waals surface area (Å²) in [6, 6.07) is 14.3. The lowest BCUT2D eigenvalue weighted by Crippen LogP contribution is -2.40. The highest BCUT2D eigenvalue weighted by atomic mass is 35.5. The van der Waals surface area contributed by atoms with Crippen molar-refractivity contribution in [1.82, 2.24) is 9.21 Å². The smallest absolute Gasteiger partial charge is 0.243 e. The lowest BCUT2D eigenvalue weighted by atomic mass is 10.2. The molecule has 28 heavy (non-hydrogen) atoms. The fraction of sp³-hybridized carbons (Fsp3) is 0.263. The zero-order valence-corrected chi connectivity index (χ0v) is 17.1. The molecule has 2 aromatic carbocycles. The minimum absolute atomic E-state index is 0.0236. The number of hydrogen-bond donors (Lipinski definition) is 0. The van der Waals surface area contributed by atoms with Gasteiger partial charge in [0.15, 0.2) is 0 Å². The number of ether oxygens (including phenoxy) is 1. The van der Waals surface area contributed by atoms with E-state index < -0.39 is 10.0 Å². The first-order valence-electron chi connectivity index (χ1n) is 8.33. The number of hydrogen-bond acceptors (Lipinski definition) is 5. The molecule has 0 bridgehead atoms. The highest BCUT2D eigenvalue weighted by Crippen LogP contribution is 2.16. The number of nitriles is 1. The SMILES string of the molecule is CN(CCOc1ccc(Cl)cc1)C(=O)CN(C)S(=O)(=O)c1ccc(C#N)cc1. The standard InChI is InChI=1S/C19H20ClN3O4S/c1-22(11-12-27-17-7-5-16(20)6-8-17)19(24)14-23(2)28(25,26)18-9-3-15(13-21)4-10-18/h3-10H,11-12,14H2,1-2H3. The Balaban J connectivity index is 1.89. The van der Waals surface area contributed by atoms with Gasteiger partial charge in [0.25, 0.3) is 0 Å². The Morgan fingerprint density at radius 3 is 2.29 bits per heavy atom. The molecule has 0 radical (unpaired) electrons. The molecule has 7 nitrogen and oxygen atoms in total. The Labute approximate surface area is 169 Å². The van der Waals surface area contributed by atoms with Gasteiger partial charge in [-0.1, -0.05) is 11.6 Å². The summed E-state index contributed by atoms with van der Waals surface area (Å²) in [7, 11) is -0.912. The van der Waals surface area contributed by atoms with Gasteiger partial charge in [-0.05, 0) is 48.5 Å². The van der Waals surface area contributed by atoms with E-state index >= 15 is 0 Å². The molecular formula is C19H20ClN3O4S. The molecule has 1 amide bonds. The third kappa shape index (κ3) is 5.70. The van der Waals surface area contributed by atoms with E-state index in [0.29, 0.717) is 22.9 Å². The van der Waals surface area contributed by atoms with Gasteiger partial charge in [-0.15, -0.1) is 0 Å². The number of carbonyl (C=O) groups excluding carboxylic acids is 1. The van der Waals surface area contributed by atoms with E-state index in [1.807, 2.05) is 6.07 Å². The van der Waals surface area contributed by atoms with Crippen LogP contribution in [0.15, 0.2) is 53.4 Å². The van der Waals surface area contributed by atoms with Crippen LogP contribution in [0.3, 0.4) is 0 Å². The van der Waals surface area contributed by atoms with Crippen LogP contribution in [-0.4, -0.2) is 57.3 Å². The molecule has 0 N–H and O–H groups in total. The zero-order chi connectivity index (χ0) is 20.7. The Morgan fingerprint density at radius 2 is 1.71 bits per heavy atom. The van der Waals surface area contributed by atoms with Gasteiger partial charge in [0.1, 0.15) is 12.4 Å². The van der Waals surface area contributed by atoms with Gasteiger partial charge >= 0.3 is 0 Å². The number of carbonyl (C=O) groups is 1. The number of rotatable bonds is 8. The number of halogens is 1. The lowest BCUT2D eigenvalue weighted by molar-refractivity contribution is -0.130. The van der Waals surface area contributed by atoms with E-state index in [4.69, 9.17) is 21.6 Å². The van der Waals surface area contributed by atoms with Crippen LogP contribution in [-0.2, 0) is 14.8 Å². The van der Waals surface area contributed by atoms with Gasteiger partial charge in [-0.25, -0.2) is 8.42 Å². The molecule has 0 aliphatic rings.